The molecule has 0 unspecified atom stereocenters. The first kappa shape index (κ1) is 12.8. The molecule has 104 valence electrons. The smallest absolute Gasteiger partial charge is 0.271 e. The van der Waals surface area contributed by atoms with E-state index in [9.17, 15) is 13.6 Å². The lowest BCUT2D eigenvalue weighted by molar-refractivity contribution is 0.0951. The second-order valence-corrected chi connectivity index (χ2v) is 4.83. The van der Waals surface area contributed by atoms with Gasteiger partial charge in [-0.05, 0) is 31.4 Å². The van der Waals surface area contributed by atoms with Crippen molar-refractivity contribution in [3.63, 3.8) is 0 Å². The molecule has 0 atom stereocenters. The standard InChI is InChI=1S/C14H13F2N3O/c1-7-4-5-8(15)10(11(7)16)13-18-9-3-2-6-17-14(20)12(9)19-13/h4-5H,2-3,6H2,1H3,(H,17,20)(H,18,19). The van der Waals surface area contributed by atoms with Gasteiger partial charge >= 0.3 is 0 Å². The third-order valence-electron chi connectivity index (χ3n) is 3.40. The largest absolute Gasteiger partial charge is 0.351 e. The minimum atomic E-state index is -0.697. The SMILES string of the molecule is Cc1ccc(F)c(-c2nc3c([nH]2)CCCNC3=O)c1F. The Kier molecular flexibility index (Phi) is 3.00. The van der Waals surface area contributed by atoms with Crippen molar-refractivity contribution in [3.05, 3.63) is 40.7 Å². The summed E-state index contributed by atoms with van der Waals surface area (Å²) in [6, 6.07) is 2.57. The van der Waals surface area contributed by atoms with Crippen molar-refractivity contribution in [3.8, 4) is 11.4 Å². The number of H-pyrrole nitrogens is 1. The maximum atomic E-state index is 14.1. The Balaban J connectivity index is 2.15. The lowest BCUT2D eigenvalue weighted by atomic mass is 10.1. The fourth-order valence-corrected chi connectivity index (χ4v) is 2.32. The number of hydrogen-bond acceptors (Lipinski definition) is 2. The predicted molar refractivity (Wildman–Crippen MR) is 69.3 cm³/mol. The Labute approximate surface area is 114 Å². The molecule has 1 amide bonds. The summed E-state index contributed by atoms with van der Waals surface area (Å²) in [6.07, 6.45) is 1.38. The molecule has 1 aliphatic heterocycles. The van der Waals surface area contributed by atoms with E-state index in [4.69, 9.17) is 0 Å². The lowest BCUT2D eigenvalue weighted by Gasteiger charge is -2.04. The number of halogens is 2. The number of carbonyl (C=O) groups is 1. The Bertz CT molecular complexity index is 694. The number of nitrogens with one attached hydrogen (secondary N) is 2. The minimum absolute atomic E-state index is 0.0609. The number of aromatic nitrogens is 2. The average molecular weight is 277 g/mol. The predicted octanol–water partition coefficient (Wildman–Crippen LogP) is 2.34. The second kappa shape index (κ2) is 4.70. The first-order chi connectivity index (χ1) is 9.58. The molecule has 0 saturated carbocycles. The summed E-state index contributed by atoms with van der Waals surface area (Å²) >= 11 is 0. The average Bonchev–Trinajstić information content (AvgIpc) is 2.76. The number of benzene rings is 1. The van der Waals surface area contributed by atoms with E-state index in [1.807, 2.05) is 0 Å². The van der Waals surface area contributed by atoms with Crippen molar-refractivity contribution in [2.24, 2.45) is 0 Å². The van der Waals surface area contributed by atoms with Gasteiger partial charge in [-0.2, -0.15) is 0 Å². The topological polar surface area (TPSA) is 57.8 Å². The highest BCUT2D eigenvalue weighted by Gasteiger charge is 2.23. The number of aromatic amines is 1. The molecule has 1 aromatic heterocycles. The van der Waals surface area contributed by atoms with Gasteiger partial charge in [0.15, 0.2) is 0 Å². The van der Waals surface area contributed by atoms with Crippen molar-refractivity contribution in [2.75, 3.05) is 6.54 Å². The first-order valence-electron chi connectivity index (χ1n) is 6.40. The molecule has 6 heteroatoms. The summed E-state index contributed by atoms with van der Waals surface area (Å²) in [6.45, 7) is 2.13. The molecule has 0 radical (unpaired) electrons. The van der Waals surface area contributed by atoms with Crippen LogP contribution in [0.2, 0.25) is 0 Å². The van der Waals surface area contributed by atoms with E-state index >= 15 is 0 Å². The van der Waals surface area contributed by atoms with Crippen LogP contribution in [0.5, 0.6) is 0 Å². The number of hydrogen-bond donors (Lipinski definition) is 2. The van der Waals surface area contributed by atoms with Crippen LogP contribution >= 0.6 is 0 Å². The molecule has 20 heavy (non-hydrogen) atoms. The van der Waals surface area contributed by atoms with E-state index in [1.165, 1.54) is 12.1 Å². The zero-order valence-electron chi connectivity index (χ0n) is 10.9. The van der Waals surface area contributed by atoms with Gasteiger partial charge in [-0.3, -0.25) is 4.79 Å². The highest BCUT2D eigenvalue weighted by Crippen LogP contribution is 2.27. The fourth-order valence-electron chi connectivity index (χ4n) is 2.32. The van der Waals surface area contributed by atoms with Gasteiger partial charge < -0.3 is 10.3 Å². The molecule has 0 aliphatic carbocycles. The number of rotatable bonds is 1. The number of carbonyl (C=O) groups excluding carboxylic acids is 1. The molecule has 1 aromatic carbocycles. The first-order valence-corrected chi connectivity index (χ1v) is 6.40. The van der Waals surface area contributed by atoms with Crippen LogP contribution in [0.4, 0.5) is 8.78 Å². The van der Waals surface area contributed by atoms with Gasteiger partial charge in [0.05, 0.1) is 5.56 Å². The summed E-state index contributed by atoms with van der Waals surface area (Å²) in [5.41, 5.74) is 0.955. The molecule has 3 rings (SSSR count). The van der Waals surface area contributed by atoms with E-state index in [0.29, 0.717) is 24.2 Å². The molecule has 0 fully saturated rings. The van der Waals surface area contributed by atoms with Crippen molar-refractivity contribution in [2.45, 2.75) is 19.8 Å². The molecule has 2 N–H and O–H groups in total. The van der Waals surface area contributed by atoms with Crippen molar-refractivity contribution in [1.29, 1.82) is 0 Å². The van der Waals surface area contributed by atoms with Gasteiger partial charge in [-0.1, -0.05) is 6.07 Å². The number of fused-ring (bicyclic) bond motifs is 1. The quantitative estimate of drug-likeness (QED) is 0.840. The molecule has 2 aromatic rings. The highest BCUT2D eigenvalue weighted by molar-refractivity contribution is 5.94. The van der Waals surface area contributed by atoms with Crippen LogP contribution in [0.25, 0.3) is 11.4 Å². The van der Waals surface area contributed by atoms with Crippen LogP contribution < -0.4 is 5.32 Å². The summed E-state index contributed by atoms with van der Waals surface area (Å²) in [4.78, 5) is 18.8. The van der Waals surface area contributed by atoms with Crippen LogP contribution in [0.15, 0.2) is 12.1 Å². The van der Waals surface area contributed by atoms with Crippen LogP contribution in [0, 0.1) is 18.6 Å². The maximum absolute atomic E-state index is 14.1. The molecule has 0 saturated heterocycles. The number of nitrogens with zero attached hydrogens (tertiary/aromatic N) is 1. The number of aryl methyl sites for hydroxylation is 2. The minimum Gasteiger partial charge on any atom is -0.351 e. The zero-order valence-corrected chi connectivity index (χ0v) is 10.9. The summed E-state index contributed by atoms with van der Waals surface area (Å²) in [5.74, 6) is -1.61. The van der Waals surface area contributed by atoms with E-state index < -0.39 is 11.6 Å². The Morgan fingerprint density at radius 1 is 1.30 bits per heavy atom. The van der Waals surface area contributed by atoms with Gasteiger partial charge in [0.25, 0.3) is 5.91 Å². The Morgan fingerprint density at radius 2 is 2.10 bits per heavy atom. The monoisotopic (exact) mass is 277 g/mol. The van der Waals surface area contributed by atoms with E-state index in [1.54, 1.807) is 6.92 Å². The number of amides is 1. The molecular weight excluding hydrogens is 264 g/mol. The Hall–Kier alpha value is -2.24. The molecule has 0 bridgehead atoms. The van der Waals surface area contributed by atoms with Crippen LogP contribution in [0.1, 0.15) is 28.2 Å². The molecule has 4 nitrogen and oxygen atoms in total. The number of imidazole rings is 1. The fraction of sp³-hybridized carbons (Fsp3) is 0.286. The summed E-state index contributed by atoms with van der Waals surface area (Å²) < 4.78 is 27.9. The second-order valence-electron chi connectivity index (χ2n) is 4.83. The summed E-state index contributed by atoms with van der Waals surface area (Å²) in [5, 5.41) is 2.70. The third kappa shape index (κ3) is 1.97. The zero-order chi connectivity index (χ0) is 14.3. The Morgan fingerprint density at radius 3 is 2.90 bits per heavy atom. The third-order valence-corrected chi connectivity index (χ3v) is 3.40. The van der Waals surface area contributed by atoms with Crippen molar-refractivity contribution < 1.29 is 13.6 Å². The molecular formula is C14H13F2N3O. The van der Waals surface area contributed by atoms with E-state index in [-0.39, 0.29) is 23.0 Å². The van der Waals surface area contributed by atoms with Gasteiger partial charge in [0.2, 0.25) is 0 Å². The molecule has 2 heterocycles. The van der Waals surface area contributed by atoms with Crippen LogP contribution in [0.3, 0.4) is 0 Å². The molecule has 0 spiro atoms. The normalized spacial score (nSPS) is 14.7. The van der Waals surface area contributed by atoms with Gasteiger partial charge in [-0.25, -0.2) is 13.8 Å². The van der Waals surface area contributed by atoms with Gasteiger partial charge in [-0.15, -0.1) is 0 Å². The van der Waals surface area contributed by atoms with E-state index in [2.05, 4.69) is 15.3 Å². The maximum Gasteiger partial charge on any atom is 0.271 e. The van der Waals surface area contributed by atoms with Gasteiger partial charge in [0.1, 0.15) is 23.2 Å². The van der Waals surface area contributed by atoms with Crippen molar-refractivity contribution >= 4 is 5.91 Å². The van der Waals surface area contributed by atoms with Crippen LogP contribution in [-0.2, 0) is 6.42 Å². The molecule has 1 aliphatic rings. The van der Waals surface area contributed by atoms with Crippen LogP contribution in [-0.4, -0.2) is 22.4 Å². The van der Waals surface area contributed by atoms with E-state index in [0.717, 1.165) is 6.42 Å². The lowest BCUT2D eigenvalue weighted by Crippen LogP contribution is -2.23. The summed E-state index contributed by atoms with van der Waals surface area (Å²) in [7, 11) is 0. The highest BCUT2D eigenvalue weighted by atomic mass is 19.1. The van der Waals surface area contributed by atoms with Crippen molar-refractivity contribution in [1.82, 2.24) is 15.3 Å². The van der Waals surface area contributed by atoms with Gasteiger partial charge in [0, 0.05) is 12.2 Å².